The van der Waals surface area contributed by atoms with Crippen molar-refractivity contribution in [2.45, 2.75) is 38.0 Å². The van der Waals surface area contributed by atoms with E-state index in [0.717, 1.165) is 38.2 Å². The zero-order valence-corrected chi connectivity index (χ0v) is 15.5. The van der Waals surface area contributed by atoms with Gasteiger partial charge < -0.3 is 10.1 Å². The largest absolute Gasteiger partial charge is 0.372 e. The highest BCUT2D eigenvalue weighted by atomic mass is 16.5. The molecule has 1 saturated heterocycles. The third-order valence-corrected chi connectivity index (χ3v) is 5.14. The fourth-order valence-corrected chi connectivity index (χ4v) is 3.60. The lowest BCUT2D eigenvalue weighted by Gasteiger charge is -2.30. The lowest BCUT2D eigenvalue weighted by Crippen LogP contribution is -2.41. The topological polar surface area (TPSA) is 52.0 Å². The van der Waals surface area contributed by atoms with Crippen LogP contribution in [0, 0.1) is 0 Å². The summed E-state index contributed by atoms with van der Waals surface area (Å²) in [7, 11) is 0. The first kappa shape index (κ1) is 17.9. The monoisotopic (exact) mass is 362 g/mol. The fraction of sp³-hybridized carbons (Fsp3) is 0.364. The van der Waals surface area contributed by atoms with Crippen LogP contribution >= 0.6 is 0 Å². The number of nitrogens with zero attached hydrogens (tertiary/aromatic N) is 3. The van der Waals surface area contributed by atoms with E-state index < -0.39 is 0 Å². The Morgan fingerprint density at radius 2 is 1.74 bits per heavy atom. The molecular formula is C22H26N4O. The van der Waals surface area contributed by atoms with Crippen molar-refractivity contribution in [3.8, 4) is 0 Å². The van der Waals surface area contributed by atoms with E-state index in [1.807, 2.05) is 28.9 Å². The van der Waals surface area contributed by atoms with E-state index in [-0.39, 0.29) is 6.10 Å². The molecule has 0 amide bonds. The molecule has 0 aliphatic carbocycles. The minimum Gasteiger partial charge on any atom is -0.372 e. The van der Waals surface area contributed by atoms with Crippen molar-refractivity contribution in [2.24, 2.45) is 0 Å². The highest BCUT2D eigenvalue weighted by Crippen LogP contribution is 2.26. The van der Waals surface area contributed by atoms with E-state index in [1.54, 1.807) is 0 Å². The minimum atomic E-state index is 0.123. The SMILES string of the molecule is c1ccc(CCn2cc([C@@H]3CCNC[C@H]3OCc3ccccc3)nn2)cc1. The summed E-state index contributed by atoms with van der Waals surface area (Å²) in [5.41, 5.74) is 3.57. The highest BCUT2D eigenvalue weighted by molar-refractivity contribution is 5.15. The zero-order chi connectivity index (χ0) is 18.3. The Morgan fingerprint density at radius 1 is 1.00 bits per heavy atom. The van der Waals surface area contributed by atoms with Crippen LogP contribution in [0.1, 0.15) is 29.2 Å². The molecule has 5 nitrogen and oxygen atoms in total. The predicted octanol–water partition coefficient (Wildman–Crippen LogP) is 3.18. The second kappa shape index (κ2) is 8.93. The second-order valence-corrected chi connectivity index (χ2v) is 7.08. The molecule has 3 aromatic rings. The molecule has 0 unspecified atom stereocenters. The Hall–Kier alpha value is -2.50. The number of hydrogen-bond acceptors (Lipinski definition) is 4. The quantitative estimate of drug-likeness (QED) is 0.701. The maximum absolute atomic E-state index is 6.24. The van der Waals surface area contributed by atoms with Crippen molar-refractivity contribution in [3.63, 3.8) is 0 Å². The number of aromatic nitrogens is 3. The van der Waals surface area contributed by atoms with Crippen molar-refractivity contribution in [1.82, 2.24) is 20.3 Å². The summed E-state index contributed by atoms with van der Waals surface area (Å²) in [6.45, 7) is 3.32. The molecule has 0 bridgehead atoms. The number of hydrogen-bond donors (Lipinski definition) is 1. The van der Waals surface area contributed by atoms with E-state index in [0.29, 0.717) is 12.5 Å². The maximum atomic E-state index is 6.24. The standard InChI is InChI=1S/C22H26N4O/c1-3-7-18(8-4-1)12-14-26-16-21(24-25-26)20-11-13-23-15-22(20)27-17-19-9-5-2-6-10-19/h1-10,16,20,22-23H,11-15,17H2/t20-,22+/m0/s1. The molecule has 0 spiro atoms. The van der Waals surface area contributed by atoms with Crippen LogP contribution in [-0.4, -0.2) is 34.2 Å². The van der Waals surface area contributed by atoms with E-state index in [4.69, 9.17) is 4.74 Å². The van der Waals surface area contributed by atoms with Gasteiger partial charge in [0.05, 0.1) is 18.4 Å². The van der Waals surface area contributed by atoms with Gasteiger partial charge in [0.25, 0.3) is 0 Å². The van der Waals surface area contributed by atoms with Crippen molar-refractivity contribution in [3.05, 3.63) is 83.7 Å². The van der Waals surface area contributed by atoms with Gasteiger partial charge in [-0.1, -0.05) is 65.9 Å². The van der Waals surface area contributed by atoms with Gasteiger partial charge in [0, 0.05) is 25.2 Å². The van der Waals surface area contributed by atoms with Crippen LogP contribution in [0.5, 0.6) is 0 Å². The van der Waals surface area contributed by atoms with Crippen molar-refractivity contribution in [1.29, 1.82) is 0 Å². The molecule has 1 aromatic heterocycles. The third kappa shape index (κ3) is 4.81. The summed E-state index contributed by atoms with van der Waals surface area (Å²) in [4.78, 5) is 0. The number of aryl methyl sites for hydroxylation is 2. The van der Waals surface area contributed by atoms with Gasteiger partial charge in [0.1, 0.15) is 0 Å². The molecule has 1 aliphatic rings. The summed E-state index contributed by atoms with van der Waals surface area (Å²) in [5.74, 6) is 0.292. The van der Waals surface area contributed by atoms with Crippen LogP contribution in [0.15, 0.2) is 66.9 Å². The number of piperidine rings is 1. The first-order valence-electron chi connectivity index (χ1n) is 9.69. The molecule has 140 valence electrons. The number of rotatable bonds is 7. The van der Waals surface area contributed by atoms with Gasteiger partial charge in [-0.15, -0.1) is 5.10 Å². The fourth-order valence-electron chi connectivity index (χ4n) is 3.60. The first-order chi connectivity index (χ1) is 13.4. The summed E-state index contributed by atoms with van der Waals surface area (Å²) >= 11 is 0. The molecule has 2 heterocycles. The van der Waals surface area contributed by atoms with Crippen LogP contribution in [0.3, 0.4) is 0 Å². The molecule has 1 N–H and O–H groups in total. The van der Waals surface area contributed by atoms with Gasteiger partial charge in [-0.05, 0) is 30.5 Å². The average molecular weight is 362 g/mol. The molecule has 1 aliphatic heterocycles. The Labute approximate surface area is 160 Å². The van der Waals surface area contributed by atoms with E-state index in [1.165, 1.54) is 11.1 Å². The predicted molar refractivity (Wildman–Crippen MR) is 105 cm³/mol. The molecule has 4 rings (SSSR count). The van der Waals surface area contributed by atoms with Gasteiger partial charge in [-0.3, -0.25) is 4.68 Å². The van der Waals surface area contributed by atoms with Crippen LogP contribution in [-0.2, 0) is 24.3 Å². The van der Waals surface area contributed by atoms with Crippen LogP contribution in [0.2, 0.25) is 0 Å². The molecular weight excluding hydrogens is 336 g/mol. The highest BCUT2D eigenvalue weighted by Gasteiger charge is 2.29. The van der Waals surface area contributed by atoms with Gasteiger partial charge in [-0.25, -0.2) is 0 Å². The Kier molecular flexibility index (Phi) is 5.92. The zero-order valence-electron chi connectivity index (χ0n) is 15.5. The lowest BCUT2D eigenvalue weighted by molar-refractivity contribution is 0.00965. The Morgan fingerprint density at radius 3 is 2.52 bits per heavy atom. The number of benzene rings is 2. The van der Waals surface area contributed by atoms with Crippen LogP contribution in [0.25, 0.3) is 0 Å². The number of ether oxygens (including phenoxy) is 1. The van der Waals surface area contributed by atoms with Crippen molar-refractivity contribution < 1.29 is 4.74 Å². The average Bonchev–Trinajstić information content (AvgIpc) is 3.21. The maximum Gasteiger partial charge on any atom is 0.0884 e. The van der Waals surface area contributed by atoms with Gasteiger partial charge >= 0.3 is 0 Å². The minimum absolute atomic E-state index is 0.123. The smallest absolute Gasteiger partial charge is 0.0884 e. The molecule has 2 atom stereocenters. The van der Waals surface area contributed by atoms with Gasteiger partial charge in [-0.2, -0.15) is 0 Å². The molecule has 0 radical (unpaired) electrons. The van der Waals surface area contributed by atoms with E-state index >= 15 is 0 Å². The Bertz CT molecular complexity index is 819. The summed E-state index contributed by atoms with van der Waals surface area (Å²) in [6.07, 6.45) is 4.21. The van der Waals surface area contributed by atoms with Crippen LogP contribution in [0.4, 0.5) is 0 Å². The molecule has 2 aromatic carbocycles. The van der Waals surface area contributed by atoms with E-state index in [9.17, 15) is 0 Å². The summed E-state index contributed by atoms with van der Waals surface area (Å²) in [6, 6.07) is 20.8. The van der Waals surface area contributed by atoms with Gasteiger partial charge in [0.2, 0.25) is 0 Å². The van der Waals surface area contributed by atoms with Gasteiger partial charge in [0.15, 0.2) is 0 Å². The van der Waals surface area contributed by atoms with Crippen molar-refractivity contribution >= 4 is 0 Å². The normalized spacial score (nSPS) is 19.9. The molecule has 1 fully saturated rings. The number of nitrogens with one attached hydrogen (secondary N) is 1. The summed E-state index contributed by atoms with van der Waals surface area (Å²) < 4.78 is 8.19. The van der Waals surface area contributed by atoms with Crippen LogP contribution < -0.4 is 5.32 Å². The molecule has 0 saturated carbocycles. The first-order valence-corrected chi connectivity index (χ1v) is 9.69. The second-order valence-electron chi connectivity index (χ2n) is 7.08. The van der Waals surface area contributed by atoms with E-state index in [2.05, 4.69) is 58.2 Å². The Balaban J connectivity index is 1.37. The molecule has 27 heavy (non-hydrogen) atoms. The third-order valence-electron chi connectivity index (χ3n) is 5.14. The lowest BCUT2D eigenvalue weighted by atomic mass is 9.92. The van der Waals surface area contributed by atoms with Crippen molar-refractivity contribution in [2.75, 3.05) is 13.1 Å². The molecule has 5 heteroatoms. The summed E-state index contributed by atoms with van der Waals surface area (Å²) in [5, 5.41) is 12.3.